The number of benzene rings is 1. The smallest absolute Gasteiger partial charge is 0.410 e. The molecule has 2 atom stereocenters. The Morgan fingerprint density at radius 3 is 2.69 bits per heavy atom. The predicted octanol–water partition coefficient (Wildman–Crippen LogP) is 3.40. The largest absolute Gasteiger partial charge is 0.447 e. The highest BCUT2D eigenvalue weighted by molar-refractivity contribution is 5.68. The van der Waals surface area contributed by atoms with E-state index in [9.17, 15) is 9.90 Å². The van der Waals surface area contributed by atoms with Crippen molar-refractivity contribution in [2.45, 2.75) is 72.8 Å². The molecule has 0 spiro atoms. The van der Waals surface area contributed by atoms with Gasteiger partial charge in [-0.2, -0.15) is 0 Å². The van der Waals surface area contributed by atoms with Crippen LogP contribution >= 0.6 is 0 Å². The van der Waals surface area contributed by atoms with Crippen LogP contribution in [0.2, 0.25) is 0 Å². The van der Waals surface area contributed by atoms with Gasteiger partial charge in [0, 0.05) is 37.9 Å². The van der Waals surface area contributed by atoms with Crippen molar-refractivity contribution in [2.24, 2.45) is 0 Å². The van der Waals surface area contributed by atoms with E-state index in [0.717, 1.165) is 36.4 Å². The SMILES string of the molecule is Cc1cc(CN2CCN(C(=O)OC(C)C)[C@@H](C)C2)c(C)c(Nc2nnc(C[C@@H](C)O)o2)c1. The minimum Gasteiger partial charge on any atom is -0.447 e. The number of amides is 1. The van der Waals surface area contributed by atoms with Crippen molar-refractivity contribution in [1.82, 2.24) is 20.0 Å². The Hall–Kier alpha value is -2.65. The summed E-state index contributed by atoms with van der Waals surface area (Å²) in [5, 5.41) is 20.7. The summed E-state index contributed by atoms with van der Waals surface area (Å²) in [6, 6.07) is 4.64. The summed E-state index contributed by atoms with van der Waals surface area (Å²) in [6.45, 7) is 14.6. The second-order valence-electron chi connectivity index (χ2n) is 8.99. The number of anilines is 2. The van der Waals surface area contributed by atoms with Crippen LogP contribution in [0.4, 0.5) is 16.5 Å². The summed E-state index contributed by atoms with van der Waals surface area (Å²) in [4.78, 5) is 16.5. The number of carbonyl (C=O) groups excluding carboxylic acids is 1. The van der Waals surface area contributed by atoms with Gasteiger partial charge in [-0.15, -0.1) is 5.10 Å². The Balaban J connectivity index is 1.67. The van der Waals surface area contributed by atoms with E-state index in [4.69, 9.17) is 9.15 Å². The molecule has 1 amide bonds. The van der Waals surface area contributed by atoms with E-state index >= 15 is 0 Å². The number of nitrogens with one attached hydrogen (secondary N) is 1. The highest BCUT2D eigenvalue weighted by atomic mass is 16.6. The third-order valence-corrected chi connectivity index (χ3v) is 5.51. The van der Waals surface area contributed by atoms with Crippen molar-refractivity contribution < 1.29 is 19.1 Å². The molecule has 3 rings (SSSR count). The molecule has 176 valence electrons. The zero-order valence-corrected chi connectivity index (χ0v) is 19.9. The molecule has 9 nitrogen and oxygen atoms in total. The fourth-order valence-corrected chi connectivity index (χ4v) is 3.94. The van der Waals surface area contributed by atoms with Crippen molar-refractivity contribution >= 4 is 17.8 Å². The molecule has 2 heterocycles. The minimum atomic E-state index is -0.536. The monoisotopic (exact) mass is 445 g/mol. The van der Waals surface area contributed by atoms with Gasteiger partial charge in [0.15, 0.2) is 0 Å². The van der Waals surface area contributed by atoms with E-state index in [1.807, 2.05) is 18.7 Å². The molecule has 2 N–H and O–H groups in total. The molecule has 1 aromatic heterocycles. The quantitative estimate of drug-likeness (QED) is 0.668. The maximum absolute atomic E-state index is 12.3. The van der Waals surface area contributed by atoms with E-state index < -0.39 is 6.10 Å². The van der Waals surface area contributed by atoms with Gasteiger partial charge in [0.05, 0.1) is 18.6 Å². The number of aryl methyl sites for hydroxylation is 1. The van der Waals surface area contributed by atoms with Gasteiger partial charge < -0.3 is 24.5 Å². The number of ether oxygens (including phenoxy) is 1. The molecule has 9 heteroatoms. The van der Waals surface area contributed by atoms with Crippen LogP contribution in [0, 0.1) is 13.8 Å². The van der Waals surface area contributed by atoms with Crippen LogP contribution in [0.25, 0.3) is 0 Å². The predicted molar refractivity (Wildman–Crippen MR) is 122 cm³/mol. The van der Waals surface area contributed by atoms with Crippen LogP contribution in [0.3, 0.4) is 0 Å². The topological polar surface area (TPSA) is 104 Å². The molecule has 2 aromatic rings. The van der Waals surface area contributed by atoms with Crippen molar-refractivity contribution in [1.29, 1.82) is 0 Å². The van der Waals surface area contributed by atoms with Gasteiger partial charge in [0.1, 0.15) is 0 Å². The fourth-order valence-electron chi connectivity index (χ4n) is 3.94. The highest BCUT2D eigenvalue weighted by Gasteiger charge is 2.29. The fraction of sp³-hybridized carbons (Fsp3) is 0.609. The van der Waals surface area contributed by atoms with E-state index in [0.29, 0.717) is 24.9 Å². The average Bonchev–Trinajstić information content (AvgIpc) is 3.11. The van der Waals surface area contributed by atoms with E-state index in [1.165, 1.54) is 5.56 Å². The molecule has 0 bridgehead atoms. The van der Waals surface area contributed by atoms with Crippen LogP contribution < -0.4 is 5.32 Å². The molecular formula is C23H35N5O4. The number of rotatable bonds is 7. The molecular weight excluding hydrogens is 410 g/mol. The molecule has 1 fully saturated rings. The lowest BCUT2D eigenvalue weighted by Crippen LogP contribution is -2.54. The number of aliphatic hydroxyl groups is 1. The number of hydrogen-bond donors (Lipinski definition) is 2. The Morgan fingerprint density at radius 1 is 1.28 bits per heavy atom. The van der Waals surface area contributed by atoms with Crippen molar-refractivity contribution in [3.8, 4) is 0 Å². The second-order valence-corrected chi connectivity index (χ2v) is 8.99. The third-order valence-electron chi connectivity index (χ3n) is 5.51. The normalized spacial score (nSPS) is 18.1. The molecule has 0 aliphatic carbocycles. The average molecular weight is 446 g/mol. The minimum absolute atomic E-state index is 0.0865. The number of piperazine rings is 1. The van der Waals surface area contributed by atoms with E-state index in [1.54, 1.807) is 6.92 Å². The molecule has 1 aromatic carbocycles. The van der Waals surface area contributed by atoms with Crippen molar-refractivity contribution in [3.63, 3.8) is 0 Å². The van der Waals surface area contributed by atoms with Crippen LogP contribution in [-0.4, -0.2) is 69.1 Å². The summed E-state index contributed by atoms with van der Waals surface area (Å²) in [7, 11) is 0. The van der Waals surface area contributed by atoms with Gasteiger partial charge in [-0.05, 0) is 64.3 Å². The summed E-state index contributed by atoms with van der Waals surface area (Å²) in [5.41, 5.74) is 4.37. The van der Waals surface area contributed by atoms with E-state index in [2.05, 4.69) is 53.3 Å². The molecule has 0 unspecified atom stereocenters. The number of aromatic nitrogens is 2. The van der Waals surface area contributed by atoms with Gasteiger partial charge in [-0.3, -0.25) is 4.90 Å². The number of nitrogens with zero attached hydrogens (tertiary/aromatic N) is 4. The Bertz CT molecular complexity index is 927. The molecule has 1 aliphatic heterocycles. The standard InChI is InChI=1S/C23H35N5O4/c1-14(2)31-23(30)28-8-7-27(12-16(28)4)13-19-9-15(3)10-20(18(19)6)24-22-26-25-21(32-22)11-17(5)29/h9-10,14,16-17,29H,7-8,11-13H2,1-6H3,(H,24,26)/t16-,17+/m0/s1. The van der Waals surface area contributed by atoms with Gasteiger partial charge in [0.25, 0.3) is 0 Å². The zero-order chi connectivity index (χ0) is 23.4. The lowest BCUT2D eigenvalue weighted by Gasteiger charge is -2.39. The summed E-state index contributed by atoms with van der Waals surface area (Å²) >= 11 is 0. The maximum atomic E-state index is 12.3. The molecule has 0 radical (unpaired) electrons. The van der Waals surface area contributed by atoms with Gasteiger partial charge in [0.2, 0.25) is 5.89 Å². The highest BCUT2D eigenvalue weighted by Crippen LogP contribution is 2.27. The van der Waals surface area contributed by atoms with Gasteiger partial charge in [-0.25, -0.2) is 4.79 Å². The molecule has 32 heavy (non-hydrogen) atoms. The first kappa shape index (κ1) is 24.0. The Morgan fingerprint density at radius 2 is 2.03 bits per heavy atom. The third kappa shape index (κ3) is 6.20. The first-order chi connectivity index (χ1) is 15.1. The lowest BCUT2D eigenvalue weighted by molar-refractivity contribution is 0.0349. The maximum Gasteiger partial charge on any atom is 0.410 e. The first-order valence-corrected chi connectivity index (χ1v) is 11.2. The summed E-state index contributed by atoms with van der Waals surface area (Å²) in [5.74, 6) is 0.399. The van der Waals surface area contributed by atoms with Gasteiger partial charge in [-0.1, -0.05) is 11.2 Å². The lowest BCUT2D eigenvalue weighted by atomic mass is 10.0. The summed E-state index contributed by atoms with van der Waals surface area (Å²) in [6.07, 6.45) is -0.567. The first-order valence-electron chi connectivity index (χ1n) is 11.2. The van der Waals surface area contributed by atoms with Crippen LogP contribution in [0.15, 0.2) is 16.5 Å². The zero-order valence-electron chi connectivity index (χ0n) is 19.9. The van der Waals surface area contributed by atoms with Crippen molar-refractivity contribution in [3.05, 3.63) is 34.7 Å². The molecule has 1 aliphatic rings. The number of aliphatic hydroxyl groups excluding tert-OH is 1. The van der Waals surface area contributed by atoms with Crippen molar-refractivity contribution in [2.75, 3.05) is 25.0 Å². The van der Waals surface area contributed by atoms with Gasteiger partial charge >= 0.3 is 12.1 Å². The second kappa shape index (κ2) is 10.3. The molecule has 0 saturated carbocycles. The number of hydrogen-bond acceptors (Lipinski definition) is 8. The van der Waals surface area contributed by atoms with Crippen LogP contribution in [0.5, 0.6) is 0 Å². The Kier molecular flexibility index (Phi) is 7.73. The summed E-state index contributed by atoms with van der Waals surface area (Å²) < 4.78 is 11.0. The van der Waals surface area contributed by atoms with Crippen LogP contribution in [0.1, 0.15) is 50.3 Å². The number of carbonyl (C=O) groups is 1. The van der Waals surface area contributed by atoms with Crippen LogP contribution in [-0.2, 0) is 17.7 Å². The Labute approximate surface area is 189 Å². The van der Waals surface area contributed by atoms with E-state index in [-0.39, 0.29) is 18.2 Å². The molecule has 1 saturated heterocycles.